The van der Waals surface area contributed by atoms with Gasteiger partial charge < -0.3 is 15.2 Å². The smallest absolute Gasteiger partial charge is 0.324 e. The number of hydrogen-bond acceptors (Lipinski definition) is 6. The van der Waals surface area contributed by atoms with E-state index < -0.39 is 33.5 Å². The van der Waals surface area contributed by atoms with Crippen LogP contribution in [0.2, 0.25) is 0 Å². The Balaban J connectivity index is 2.08. The topological polar surface area (TPSA) is 122 Å². The van der Waals surface area contributed by atoms with Crippen LogP contribution in [0.5, 0.6) is 5.75 Å². The fraction of sp³-hybridized carbons (Fsp3) is 0.333. The van der Waals surface area contributed by atoms with Crippen LogP contribution in [-0.4, -0.2) is 37.0 Å². The molecule has 3 N–H and O–H groups in total. The summed E-state index contributed by atoms with van der Waals surface area (Å²) in [7, 11) is -3.97. The number of nitrogens with one attached hydrogen (secondary N) is 2. The minimum atomic E-state index is -3.97. The summed E-state index contributed by atoms with van der Waals surface area (Å²) in [4.78, 5) is 24.2. The molecule has 0 aromatic heterocycles. The third kappa shape index (κ3) is 6.30. The molecule has 1 atom stereocenters. The molecule has 2 rings (SSSR count). The van der Waals surface area contributed by atoms with Crippen LogP contribution in [-0.2, 0) is 19.6 Å². The molecule has 0 aliphatic carbocycles. The monoisotopic (exact) mass is 434 g/mol. The molecule has 2 aromatic rings. The van der Waals surface area contributed by atoms with E-state index in [1.54, 1.807) is 33.8 Å². The molecule has 0 bridgehead atoms. The second kappa shape index (κ2) is 8.85. The van der Waals surface area contributed by atoms with Crippen LogP contribution < -0.4 is 10.0 Å². The van der Waals surface area contributed by atoms with Crippen molar-refractivity contribution in [2.75, 3.05) is 5.32 Å². The number of carbonyl (C=O) groups is 2. The maximum atomic E-state index is 12.5. The van der Waals surface area contributed by atoms with Crippen molar-refractivity contribution in [1.82, 2.24) is 4.72 Å². The van der Waals surface area contributed by atoms with Crippen molar-refractivity contribution >= 4 is 27.6 Å². The van der Waals surface area contributed by atoms with Crippen molar-refractivity contribution in [3.05, 3.63) is 53.6 Å². The van der Waals surface area contributed by atoms with Gasteiger partial charge in [0.25, 0.3) is 5.91 Å². The van der Waals surface area contributed by atoms with Gasteiger partial charge in [-0.05, 0) is 76.6 Å². The molecule has 0 aliphatic rings. The second-order valence-corrected chi connectivity index (χ2v) is 9.59. The average molecular weight is 435 g/mol. The highest BCUT2D eigenvalue weighted by molar-refractivity contribution is 7.89. The first-order chi connectivity index (χ1) is 13.8. The predicted octanol–water partition coefficient (Wildman–Crippen LogP) is 2.96. The Morgan fingerprint density at radius 1 is 1.07 bits per heavy atom. The third-order valence-corrected chi connectivity index (χ3v) is 5.47. The number of esters is 1. The molecule has 0 unspecified atom stereocenters. The van der Waals surface area contributed by atoms with Crippen LogP contribution in [0.3, 0.4) is 0 Å². The van der Waals surface area contributed by atoms with Crippen molar-refractivity contribution in [2.24, 2.45) is 0 Å². The van der Waals surface area contributed by atoms with Gasteiger partial charge in [0.2, 0.25) is 10.0 Å². The fourth-order valence-electron chi connectivity index (χ4n) is 2.49. The van der Waals surface area contributed by atoms with Gasteiger partial charge in [-0.3, -0.25) is 9.59 Å². The number of sulfonamides is 1. The maximum absolute atomic E-state index is 12.5. The molecule has 0 spiro atoms. The molecule has 0 radical (unpaired) electrons. The van der Waals surface area contributed by atoms with E-state index in [4.69, 9.17) is 4.74 Å². The molecular weight excluding hydrogens is 408 g/mol. The number of hydrogen-bond donors (Lipinski definition) is 3. The quantitative estimate of drug-likeness (QED) is 0.601. The molecule has 9 heteroatoms. The number of benzene rings is 2. The van der Waals surface area contributed by atoms with E-state index in [0.717, 1.165) is 5.56 Å². The number of aromatic hydroxyl groups is 1. The Morgan fingerprint density at radius 3 is 2.20 bits per heavy atom. The largest absolute Gasteiger partial charge is 0.507 e. The van der Waals surface area contributed by atoms with Crippen LogP contribution in [0.25, 0.3) is 0 Å². The number of ether oxygens (including phenoxy) is 1. The molecule has 0 saturated carbocycles. The highest BCUT2D eigenvalue weighted by Crippen LogP contribution is 2.21. The molecule has 0 fully saturated rings. The lowest BCUT2D eigenvalue weighted by molar-refractivity contribution is -0.156. The van der Waals surface area contributed by atoms with Crippen molar-refractivity contribution in [3.8, 4) is 5.75 Å². The van der Waals surface area contributed by atoms with Gasteiger partial charge in [0.15, 0.2) is 0 Å². The Bertz CT molecular complexity index is 1040. The highest BCUT2D eigenvalue weighted by atomic mass is 32.2. The summed E-state index contributed by atoms with van der Waals surface area (Å²) >= 11 is 0. The minimum Gasteiger partial charge on any atom is -0.507 e. The SMILES string of the molecule is Cc1ccc(C(=O)Nc2ccc(S(=O)(=O)N[C@H](C)C(=O)OC(C)(C)C)cc2)c(O)c1. The number of rotatable bonds is 6. The van der Waals surface area contributed by atoms with Gasteiger partial charge in [-0.25, -0.2) is 8.42 Å². The van der Waals surface area contributed by atoms with E-state index >= 15 is 0 Å². The maximum Gasteiger partial charge on any atom is 0.324 e. The number of aryl methyl sites for hydroxylation is 1. The first-order valence-corrected chi connectivity index (χ1v) is 10.7. The second-order valence-electron chi connectivity index (χ2n) is 7.88. The van der Waals surface area contributed by atoms with Gasteiger partial charge in [-0.1, -0.05) is 6.07 Å². The summed E-state index contributed by atoms with van der Waals surface area (Å²) < 4.78 is 32.5. The Labute approximate surface area is 176 Å². The van der Waals surface area contributed by atoms with E-state index in [2.05, 4.69) is 10.0 Å². The lowest BCUT2D eigenvalue weighted by atomic mass is 10.1. The zero-order valence-corrected chi connectivity index (χ0v) is 18.3. The van der Waals surface area contributed by atoms with E-state index in [0.29, 0.717) is 5.69 Å². The van der Waals surface area contributed by atoms with Crippen molar-refractivity contribution < 1.29 is 27.9 Å². The predicted molar refractivity (Wildman–Crippen MR) is 113 cm³/mol. The first-order valence-electron chi connectivity index (χ1n) is 9.25. The van der Waals surface area contributed by atoms with Crippen LogP contribution in [0, 0.1) is 6.92 Å². The van der Waals surface area contributed by atoms with Gasteiger partial charge in [-0.2, -0.15) is 4.72 Å². The van der Waals surface area contributed by atoms with Gasteiger partial charge in [0.05, 0.1) is 10.5 Å². The number of phenols is 1. The summed E-state index contributed by atoms with van der Waals surface area (Å²) in [5.74, 6) is -1.36. The molecule has 1 amide bonds. The van der Waals surface area contributed by atoms with Gasteiger partial charge in [-0.15, -0.1) is 0 Å². The van der Waals surface area contributed by atoms with E-state index in [1.165, 1.54) is 43.3 Å². The molecule has 162 valence electrons. The summed E-state index contributed by atoms with van der Waals surface area (Å²) in [5.41, 5.74) is 0.527. The standard InChI is InChI=1S/C21H26N2O6S/c1-13-6-11-17(18(24)12-13)19(25)22-15-7-9-16(10-8-15)30(27,28)23-14(2)20(26)29-21(3,4)5/h6-12,14,23-24H,1-5H3,(H,22,25)/t14-/m1/s1. The van der Waals surface area contributed by atoms with E-state index in [1.807, 2.05) is 0 Å². The first kappa shape index (κ1) is 23.4. The Hall–Kier alpha value is -2.91. The Kier molecular flexibility index (Phi) is 6.89. The van der Waals surface area contributed by atoms with Crippen molar-refractivity contribution in [2.45, 2.75) is 51.2 Å². The molecule has 0 saturated heterocycles. The summed E-state index contributed by atoms with van der Waals surface area (Å²) in [5, 5.41) is 12.5. The van der Waals surface area contributed by atoms with Crippen LogP contribution in [0.15, 0.2) is 47.4 Å². The zero-order chi connectivity index (χ0) is 22.7. The van der Waals surface area contributed by atoms with Gasteiger partial charge in [0, 0.05) is 5.69 Å². The molecule has 0 heterocycles. The molecule has 2 aromatic carbocycles. The van der Waals surface area contributed by atoms with E-state index in [-0.39, 0.29) is 16.2 Å². The minimum absolute atomic E-state index is 0.0749. The normalized spacial score (nSPS) is 12.8. The van der Waals surface area contributed by atoms with Crippen LogP contribution in [0.1, 0.15) is 43.6 Å². The lowest BCUT2D eigenvalue weighted by Gasteiger charge is -2.22. The zero-order valence-electron chi connectivity index (χ0n) is 17.5. The van der Waals surface area contributed by atoms with E-state index in [9.17, 15) is 23.1 Å². The van der Waals surface area contributed by atoms with Gasteiger partial charge in [0.1, 0.15) is 17.4 Å². The summed E-state index contributed by atoms with van der Waals surface area (Å²) in [6, 6.07) is 9.03. The number of amides is 1. The van der Waals surface area contributed by atoms with Crippen molar-refractivity contribution in [1.29, 1.82) is 0 Å². The summed E-state index contributed by atoms with van der Waals surface area (Å²) in [6.45, 7) is 8.26. The molecule has 0 aliphatic heterocycles. The van der Waals surface area contributed by atoms with Crippen LogP contribution in [0.4, 0.5) is 5.69 Å². The number of carbonyl (C=O) groups excluding carboxylic acids is 2. The lowest BCUT2D eigenvalue weighted by Crippen LogP contribution is -2.42. The molecule has 30 heavy (non-hydrogen) atoms. The average Bonchev–Trinajstić information content (AvgIpc) is 2.60. The Morgan fingerprint density at radius 2 is 1.67 bits per heavy atom. The molecular formula is C21H26N2O6S. The third-order valence-electron chi connectivity index (χ3n) is 3.91. The summed E-state index contributed by atoms with van der Waals surface area (Å²) in [6.07, 6.45) is 0. The number of anilines is 1. The van der Waals surface area contributed by atoms with Gasteiger partial charge >= 0.3 is 5.97 Å². The molecule has 8 nitrogen and oxygen atoms in total. The van der Waals surface area contributed by atoms with Crippen LogP contribution >= 0.6 is 0 Å². The van der Waals surface area contributed by atoms with Crippen molar-refractivity contribution in [3.63, 3.8) is 0 Å². The highest BCUT2D eigenvalue weighted by Gasteiger charge is 2.26. The fourth-order valence-corrected chi connectivity index (χ4v) is 3.68. The number of phenolic OH excluding ortho intramolecular Hbond substituents is 1.